The van der Waals surface area contributed by atoms with Crippen LogP contribution in [0.3, 0.4) is 0 Å². The molecule has 0 aliphatic rings. The third kappa shape index (κ3) is 11.0. The SMILES string of the molecule is COC(=O)CNC(=O)[C@H](CCSC)NC(=O)[C@H](Cc1ccccc1)NC(=O)OC(C)(C)C. The molecule has 1 rings (SSSR count). The molecule has 0 radical (unpaired) electrons. The smallest absolute Gasteiger partial charge is 0.408 e. The van der Waals surface area contributed by atoms with Gasteiger partial charge in [0.2, 0.25) is 11.8 Å². The Balaban J connectivity index is 2.95. The minimum Gasteiger partial charge on any atom is -0.468 e. The van der Waals surface area contributed by atoms with Gasteiger partial charge in [-0.15, -0.1) is 0 Å². The molecule has 0 saturated heterocycles. The number of benzene rings is 1. The highest BCUT2D eigenvalue weighted by molar-refractivity contribution is 7.98. The highest BCUT2D eigenvalue weighted by atomic mass is 32.2. The van der Waals surface area contributed by atoms with Gasteiger partial charge in [-0.2, -0.15) is 11.8 Å². The summed E-state index contributed by atoms with van der Waals surface area (Å²) in [5.41, 5.74) is 0.103. The molecule has 0 unspecified atom stereocenters. The molecule has 0 fully saturated rings. The number of hydrogen-bond donors (Lipinski definition) is 3. The third-order valence-electron chi connectivity index (χ3n) is 4.17. The Morgan fingerprint density at radius 1 is 1.00 bits per heavy atom. The average molecular weight is 468 g/mol. The van der Waals surface area contributed by atoms with Crippen LogP contribution in [0.5, 0.6) is 0 Å². The van der Waals surface area contributed by atoms with Crippen molar-refractivity contribution in [2.75, 3.05) is 25.7 Å². The molecule has 178 valence electrons. The summed E-state index contributed by atoms with van der Waals surface area (Å²) >= 11 is 1.52. The van der Waals surface area contributed by atoms with Gasteiger partial charge in [-0.25, -0.2) is 4.79 Å². The number of amides is 3. The minimum atomic E-state index is -0.961. The number of hydrogen-bond acceptors (Lipinski definition) is 7. The number of ether oxygens (including phenoxy) is 2. The van der Waals surface area contributed by atoms with Crippen molar-refractivity contribution in [2.24, 2.45) is 0 Å². The molecule has 3 N–H and O–H groups in total. The molecule has 10 heteroatoms. The first-order chi connectivity index (χ1) is 15.1. The average Bonchev–Trinajstić information content (AvgIpc) is 2.73. The molecule has 32 heavy (non-hydrogen) atoms. The van der Waals surface area contributed by atoms with Gasteiger partial charge in [-0.1, -0.05) is 30.3 Å². The fourth-order valence-corrected chi connectivity index (χ4v) is 3.11. The van der Waals surface area contributed by atoms with Crippen LogP contribution in [0.2, 0.25) is 0 Å². The van der Waals surface area contributed by atoms with Gasteiger partial charge in [0.15, 0.2) is 0 Å². The van der Waals surface area contributed by atoms with Crippen LogP contribution in [0.15, 0.2) is 30.3 Å². The zero-order valence-electron chi connectivity index (χ0n) is 19.2. The first-order valence-electron chi connectivity index (χ1n) is 10.2. The maximum atomic E-state index is 13.1. The van der Waals surface area contributed by atoms with Gasteiger partial charge in [0.05, 0.1) is 7.11 Å². The summed E-state index contributed by atoms with van der Waals surface area (Å²) in [6.07, 6.45) is 1.72. The molecule has 0 aliphatic carbocycles. The lowest BCUT2D eigenvalue weighted by molar-refractivity contribution is -0.141. The van der Waals surface area contributed by atoms with Crippen molar-refractivity contribution >= 4 is 35.6 Å². The number of nitrogens with one attached hydrogen (secondary N) is 3. The maximum absolute atomic E-state index is 13.1. The molecule has 0 aromatic heterocycles. The molecule has 0 heterocycles. The van der Waals surface area contributed by atoms with Crippen LogP contribution in [0, 0.1) is 0 Å². The predicted molar refractivity (Wildman–Crippen MR) is 123 cm³/mol. The Kier molecular flexibility index (Phi) is 11.6. The van der Waals surface area contributed by atoms with Crippen molar-refractivity contribution in [3.63, 3.8) is 0 Å². The number of rotatable bonds is 11. The van der Waals surface area contributed by atoms with Crippen LogP contribution in [-0.4, -0.2) is 67.2 Å². The number of carbonyl (C=O) groups excluding carboxylic acids is 4. The van der Waals surface area contributed by atoms with Crippen molar-refractivity contribution in [3.05, 3.63) is 35.9 Å². The molecule has 2 atom stereocenters. The number of thioether (sulfide) groups is 1. The van der Waals surface area contributed by atoms with E-state index >= 15 is 0 Å². The second-order valence-electron chi connectivity index (χ2n) is 8.03. The summed E-state index contributed by atoms with van der Waals surface area (Å²) in [5.74, 6) is -1.02. The fourth-order valence-electron chi connectivity index (χ4n) is 2.64. The molecule has 3 amide bonds. The van der Waals surface area contributed by atoms with Gasteiger partial charge in [-0.05, 0) is 44.8 Å². The van der Waals surface area contributed by atoms with E-state index in [0.717, 1.165) is 5.56 Å². The van der Waals surface area contributed by atoms with Crippen LogP contribution in [-0.2, 0) is 30.3 Å². The minimum absolute atomic E-state index is 0.213. The predicted octanol–water partition coefficient (Wildman–Crippen LogP) is 1.65. The zero-order valence-corrected chi connectivity index (χ0v) is 20.0. The first-order valence-corrected chi connectivity index (χ1v) is 11.6. The lowest BCUT2D eigenvalue weighted by atomic mass is 10.0. The Morgan fingerprint density at radius 2 is 1.66 bits per heavy atom. The van der Waals surface area contributed by atoms with Crippen molar-refractivity contribution in [1.29, 1.82) is 0 Å². The summed E-state index contributed by atoms with van der Waals surface area (Å²) in [7, 11) is 1.22. The van der Waals surface area contributed by atoms with E-state index in [0.29, 0.717) is 12.2 Å². The third-order valence-corrected chi connectivity index (χ3v) is 4.81. The van der Waals surface area contributed by atoms with E-state index in [-0.39, 0.29) is 13.0 Å². The molecule has 0 saturated carbocycles. The number of alkyl carbamates (subject to hydrolysis) is 1. The van der Waals surface area contributed by atoms with E-state index in [4.69, 9.17) is 4.74 Å². The highest BCUT2D eigenvalue weighted by Gasteiger charge is 2.28. The Labute approximate surface area is 193 Å². The molecule has 1 aromatic carbocycles. The fraction of sp³-hybridized carbons (Fsp3) is 0.545. The van der Waals surface area contributed by atoms with Crippen LogP contribution in [0.25, 0.3) is 0 Å². The van der Waals surface area contributed by atoms with Crippen molar-refractivity contribution in [3.8, 4) is 0 Å². The van der Waals surface area contributed by atoms with Gasteiger partial charge < -0.3 is 25.4 Å². The van der Waals surface area contributed by atoms with Crippen molar-refractivity contribution < 1.29 is 28.7 Å². The second-order valence-corrected chi connectivity index (χ2v) is 9.01. The Bertz CT molecular complexity index is 767. The topological polar surface area (TPSA) is 123 Å². The van der Waals surface area contributed by atoms with Crippen LogP contribution < -0.4 is 16.0 Å². The van der Waals surface area contributed by atoms with Gasteiger partial charge in [0.25, 0.3) is 0 Å². The van der Waals surface area contributed by atoms with Crippen molar-refractivity contribution in [1.82, 2.24) is 16.0 Å². The molecular weight excluding hydrogens is 434 g/mol. The van der Waals surface area contributed by atoms with Gasteiger partial charge >= 0.3 is 12.1 Å². The summed E-state index contributed by atoms with van der Waals surface area (Å²) in [5, 5.41) is 7.75. The van der Waals surface area contributed by atoms with Gasteiger partial charge in [0, 0.05) is 6.42 Å². The van der Waals surface area contributed by atoms with E-state index in [1.165, 1.54) is 18.9 Å². The second kappa shape index (κ2) is 13.6. The van der Waals surface area contributed by atoms with E-state index in [9.17, 15) is 19.2 Å². The standard InChI is InChI=1S/C22H33N3O6S/c1-22(2,3)31-21(29)25-17(13-15-9-7-6-8-10-15)20(28)24-16(11-12-32-5)19(27)23-14-18(26)30-4/h6-10,16-17H,11-14H2,1-5H3,(H,23,27)(H,24,28)(H,25,29)/t16-,17-/m0/s1. The summed E-state index contributed by atoms with van der Waals surface area (Å²) in [6, 6.07) is 7.36. The van der Waals surface area contributed by atoms with Crippen molar-refractivity contribution in [2.45, 2.75) is 51.3 Å². The van der Waals surface area contributed by atoms with Gasteiger partial charge in [-0.3, -0.25) is 14.4 Å². The number of esters is 1. The number of methoxy groups -OCH3 is 1. The monoisotopic (exact) mass is 467 g/mol. The molecule has 1 aromatic rings. The lowest BCUT2D eigenvalue weighted by Gasteiger charge is -2.25. The summed E-state index contributed by atoms with van der Waals surface area (Å²) in [6.45, 7) is 4.87. The van der Waals surface area contributed by atoms with Crippen LogP contribution in [0.1, 0.15) is 32.8 Å². The van der Waals surface area contributed by atoms with Crippen LogP contribution in [0.4, 0.5) is 4.79 Å². The normalized spacial score (nSPS) is 12.8. The van der Waals surface area contributed by atoms with E-state index in [1.807, 2.05) is 36.6 Å². The molecular formula is C22H33N3O6S. The Hall–Kier alpha value is -2.75. The molecule has 9 nitrogen and oxygen atoms in total. The van der Waals surface area contributed by atoms with Gasteiger partial charge in [0.1, 0.15) is 24.2 Å². The zero-order chi connectivity index (χ0) is 24.1. The van der Waals surface area contributed by atoms with Crippen LogP contribution >= 0.6 is 11.8 Å². The van der Waals surface area contributed by atoms with E-state index < -0.39 is 41.6 Å². The quantitative estimate of drug-likeness (QED) is 0.423. The maximum Gasteiger partial charge on any atom is 0.408 e. The molecule has 0 spiro atoms. The first kappa shape index (κ1) is 27.3. The van der Waals surface area contributed by atoms with E-state index in [1.54, 1.807) is 20.8 Å². The summed E-state index contributed by atoms with van der Waals surface area (Å²) < 4.78 is 9.81. The summed E-state index contributed by atoms with van der Waals surface area (Å²) in [4.78, 5) is 49.3. The number of carbonyl (C=O) groups is 4. The lowest BCUT2D eigenvalue weighted by Crippen LogP contribution is -2.55. The Morgan fingerprint density at radius 3 is 2.22 bits per heavy atom. The van der Waals surface area contributed by atoms with E-state index in [2.05, 4.69) is 20.7 Å². The highest BCUT2D eigenvalue weighted by Crippen LogP contribution is 2.09. The largest absolute Gasteiger partial charge is 0.468 e. The molecule has 0 aliphatic heterocycles. The molecule has 0 bridgehead atoms.